The largest absolute Gasteiger partial charge is 0.507 e. The van der Waals surface area contributed by atoms with Crippen molar-refractivity contribution in [2.45, 2.75) is 156 Å². The molecule has 4 unspecified atom stereocenters. The molecule has 8 fully saturated rings. The number of nitro groups is 1. The normalized spacial score (nSPS) is 21.8. The number of fused-ring (bicyclic) bond motifs is 7. The van der Waals surface area contributed by atoms with Crippen molar-refractivity contribution in [3.8, 4) is 40.2 Å². The van der Waals surface area contributed by atoms with Gasteiger partial charge < -0.3 is 49.9 Å². The molecule has 0 spiro atoms. The van der Waals surface area contributed by atoms with Crippen LogP contribution in [0.3, 0.4) is 0 Å². The minimum Gasteiger partial charge on any atom is -0.507 e. The molecule has 8 aliphatic carbocycles. The highest BCUT2D eigenvalue weighted by atomic mass is 79.9. The van der Waals surface area contributed by atoms with Crippen molar-refractivity contribution >= 4 is 116 Å². The molecule has 8 bridgehead atoms. The highest BCUT2D eigenvalue weighted by Crippen LogP contribution is 2.59. The number of phenolic OH excluding ortho intramolecular Hbond substituents is 1. The lowest BCUT2D eigenvalue weighted by molar-refractivity contribution is -0.385. The molecule has 11 aromatic rings. The molecule has 8 saturated carbocycles. The van der Waals surface area contributed by atoms with Gasteiger partial charge in [-0.2, -0.15) is 9.97 Å². The Morgan fingerprint density at radius 3 is 1.36 bits per heavy atom. The minimum absolute atomic E-state index is 0.0586. The Hall–Kier alpha value is -10.6. The maximum atomic E-state index is 13.5. The third-order valence-corrected chi connectivity index (χ3v) is 27.3. The van der Waals surface area contributed by atoms with Crippen molar-refractivity contribution in [2.24, 2.45) is 49.6 Å². The lowest BCUT2D eigenvalue weighted by Gasteiger charge is -2.55. The monoisotopic (exact) mass is 1830 g/mol. The van der Waals surface area contributed by atoms with Crippen molar-refractivity contribution in [3.63, 3.8) is 0 Å². The Kier molecular flexibility index (Phi) is 24.1. The van der Waals surface area contributed by atoms with E-state index in [0.717, 1.165) is 214 Å². The number of ether oxygens (including phenoxy) is 6. The van der Waals surface area contributed by atoms with E-state index in [4.69, 9.17) is 49.2 Å². The summed E-state index contributed by atoms with van der Waals surface area (Å²) in [4.78, 5) is 81.4. The van der Waals surface area contributed by atoms with E-state index in [2.05, 4.69) is 106 Å². The van der Waals surface area contributed by atoms with Crippen LogP contribution in [-0.2, 0) is 66.9 Å². The van der Waals surface area contributed by atoms with Crippen LogP contribution in [-0.4, -0.2) is 105 Å². The number of anilines is 5. The number of halogens is 3. The Morgan fingerprint density at radius 1 is 0.512 bits per heavy atom. The number of nitro benzene ring substituents is 1. The fourth-order valence-electron chi connectivity index (χ4n) is 19.9. The predicted molar refractivity (Wildman–Crippen MR) is 477 cm³/mol. The molecule has 24 rings (SSSR count). The SMILES string of the molecule is Cc1cc2c(cc1N)CCO2.Cc1cc2c(cc1Nc1ncc3c(n1)n(C14CC5CC(C1)C(=O)C(C5)C4)c(=O)n3C)CCO2.Cc1cc2c(cc1Nc1ncc3c(n1)n(C14CC5CC(C1)C(=O)C(C5)C4)c(=O)n3C)CCO2.Cc1cc2c(cc1[N+](=O)[O-])CCO2.Cc1ccc(Br)c(O)c1.Cc1ccc(Br)c(OCCBr)c1.Cc1ccc2c(c1)OCC2. The number of aryl methyl sites for hydroxylation is 9. The molecule has 25 nitrogen and oxygen atoms in total. The molecular formula is C93H101Br3N12O13. The van der Waals surface area contributed by atoms with Crippen molar-refractivity contribution in [2.75, 3.05) is 61.3 Å². The second-order valence-electron chi connectivity index (χ2n) is 34.2. The van der Waals surface area contributed by atoms with Gasteiger partial charge in [-0.3, -0.25) is 38.0 Å². The molecule has 13 aliphatic rings. The highest BCUT2D eigenvalue weighted by Gasteiger charge is 2.59. The second-order valence-corrected chi connectivity index (χ2v) is 36.8. The first-order valence-electron chi connectivity index (χ1n) is 41.7. The molecule has 0 amide bonds. The zero-order chi connectivity index (χ0) is 85.0. The molecule has 0 saturated heterocycles. The zero-order valence-corrected chi connectivity index (χ0v) is 74.3. The predicted octanol–water partition coefficient (Wildman–Crippen LogP) is 17.7. The summed E-state index contributed by atoms with van der Waals surface area (Å²) in [6.07, 6.45) is 17.0. The quantitative estimate of drug-likeness (QED) is 0.0428. The van der Waals surface area contributed by atoms with Gasteiger partial charge in [-0.05, 0) is 285 Å². The fourth-order valence-corrected chi connectivity index (χ4v) is 20.7. The summed E-state index contributed by atoms with van der Waals surface area (Å²) < 4.78 is 41.8. The first-order chi connectivity index (χ1) is 58.1. The number of hydrogen-bond donors (Lipinski definition) is 4. The van der Waals surface area contributed by atoms with E-state index in [1.807, 2.05) is 98.4 Å². The number of Topliss-reactive ketones (excluding diaryl/α,β-unsaturated/α-hetero) is 2. The summed E-state index contributed by atoms with van der Waals surface area (Å²) >= 11 is 9.91. The number of alkyl halides is 1. The summed E-state index contributed by atoms with van der Waals surface area (Å²) in [5.41, 5.74) is 24.1. The molecule has 5 N–H and O–H groups in total. The molecule has 0 radical (unpaired) electrons. The van der Waals surface area contributed by atoms with Gasteiger partial charge >= 0.3 is 11.4 Å². The van der Waals surface area contributed by atoms with E-state index in [1.165, 1.54) is 33.4 Å². The van der Waals surface area contributed by atoms with E-state index in [9.17, 15) is 29.3 Å². The number of imidazole rings is 2. The maximum Gasteiger partial charge on any atom is 0.330 e. The third-order valence-electron chi connectivity index (χ3n) is 25.7. The van der Waals surface area contributed by atoms with Crippen LogP contribution in [0, 0.1) is 94.1 Å². The van der Waals surface area contributed by atoms with Gasteiger partial charge in [-0.25, -0.2) is 19.6 Å². The summed E-state index contributed by atoms with van der Waals surface area (Å²) in [6.45, 7) is 18.3. The first-order valence-corrected chi connectivity index (χ1v) is 44.4. The van der Waals surface area contributed by atoms with Crippen molar-refractivity contribution in [1.82, 2.24) is 38.2 Å². The van der Waals surface area contributed by atoms with Crippen LogP contribution >= 0.6 is 47.8 Å². The number of nitrogens with zero attached hydrogens (tertiary/aromatic N) is 9. The molecule has 4 atom stereocenters. The van der Waals surface area contributed by atoms with Gasteiger partial charge in [0.15, 0.2) is 11.3 Å². The van der Waals surface area contributed by atoms with Crippen LogP contribution in [0.1, 0.15) is 131 Å². The number of phenols is 1. The molecule has 7 aromatic carbocycles. The second kappa shape index (κ2) is 34.7. The number of carbonyl (C=O) groups is 2. The number of nitrogens with one attached hydrogen (secondary N) is 2. The minimum atomic E-state index is -0.353. The number of aromatic hydroxyl groups is 1. The van der Waals surface area contributed by atoms with Gasteiger partial charge in [0.25, 0.3) is 5.69 Å². The lowest BCUT2D eigenvalue weighted by Crippen LogP contribution is -2.58. The van der Waals surface area contributed by atoms with Crippen LogP contribution < -0.4 is 56.2 Å². The first kappa shape index (κ1) is 84.0. The molecule has 9 heterocycles. The number of ketones is 2. The Bertz CT molecular complexity index is 5760. The van der Waals surface area contributed by atoms with Crippen molar-refractivity contribution in [1.29, 1.82) is 0 Å². The van der Waals surface area contributed by atoms with Crippen molar-refractivity contribution < 1.29 is 48.0 Å². The number of nitrogens with two attached hydrogens (primary N) is 1. The molecule has 5 aliphatic heterocycles. The standard InChI is InChI=1S/2C25H27N5O3.C9H10Br2O.C9H9NO3.C9H11NO.C9H10O.C7H7BrO/c2*1-13-5-20-15(3-4-33-20)8-18(13)27-23-26-12-19-22(28-23)30(24(32)29(19)2)25-9-14-6-16(10-25)21(31)17(7-14)11-25;1-7-2-3-8(11)9(6-7)12-5-4-10;1-6-4-9-7(2-3-13-9)5-8(6)10(11)12;1-6-4-9-7(2-3-11-9)5-8(6)10;1-7-2-3-8-4-5-10-9(8)6-7;1-5-2-3-6(8)7(9)4-5/h2*5,8,12,14,16-17H,3-4,6-7,9-11H2,1-2H3,(H,26,27,28);2-3,6H,4-5H2,1H3;4-5H,2-3H2,1H3;4-5H,2-3,10H2,1H3;2-3,6H,4-5H2,1H3;2-4,9H,1H3. The summed E-state index contributed by atoms with van der Waals surface area (Å²) in [5.74, 6) is 9.21. The van der Waals surface area contributed by atoms with Crippen molar-refractivity contribution in [3.05, 3.63) is 222 Å². The highest BCUT2D eigenvalue weighted by molar-refractivity contribution is 9.11. The molecule has 4 aromatic heterocycles. The smallest absolute Gasteiger partial charge is 0.330 e. The Balaban J connectivity index is 0.000000113. The van der Waals surface area contributed by atoms with Crippen LogP contribution in [0.4, 0.5) is 34.6 Å². The lowest BCUT2D eigenvalue weighted by atomic mass is 9.52. The number of rotatable bonds is 10. The van der Waals surface area contributed by atoms with Gasteiger partial charge in [0.05, 0.1) is 77.0 Å². The van der Waals surface area contributed by atoms with Gasteiger partial charge in [0.1, 0.15) is 62.8 Å². The van der Waals surface area contributed by atoms with Crippen LogP contribution in [0.25, 0.3) is 22.3 Å². The Labute approximate surface area is 727 Å². The topological polar surface area (TPSA) is 308 Å². The number of hydrogen-bond acceptors (Lipinski definition) is 20. The zero-order valence-electron chi connectivity index (χ0n) is 69.6. The van der Waals surface area contributed by atoms with Gasteiger partial charge in [0, 0.05) is 109 Å². The Morgan fingerprint density at radius 2 is 0.909 bits per heavy atom. The number of aromatic nitrogens is 8. The maximum absolute atomic E-state index is 13.5. The average Bonchev–Trinajstić information content (AvgIpc) is 1.57. The number of carbonyl (C=O) groups excluding carboxylic acids is 2. The third kappa shape index (κ3) is 17.3. The summed E-state index contributed by atoms with van der Waals surface area (Å²) in [6, 6.07) is 33.6. The summed E-state index contributed by atoms with van der Waals surface area (Å²) in [5, 5.41) is 27.2. The average molecular weight is 1830 g/mol. The number of benzene rings is 7. The van der Waals surface area contributed by atoms with Gasteiger partial charge in [0.2, 0.25) is 11.9 Å². The molecular weight excluding hydrogens is 1730 g/mol. The molecule has 121 heavy (non-hydrogen) atoms. The molecule has 632 valence electrons. The van der Waals surface area contributed by atoms with Crippen LogP contribution in [0.5, 0.6) is 40.2 Å². The molecule has 28 heteroatoms. The van der Waals surface area contributed by atoms with Gasteiger partial charge in [-0.15, -0.1) is 0 Å². The fraction of sp³-hybridized carbons (Fsp3) is 0.419. The number of nitrogen functional groups attached to an aromatic ring is 1. The van der Waals surface area contributed by atoms with E-state index in [-0.39, 0.29) is 56.7 Å². The van der Waals surface area contributed by atoms with E-state index < -0.39 is 0 Å². The van der Waals surface area contributed by atoms with E-state index >= 15 is 0 Å². The van der Waals surface area contributed by atoms with E-state index in [0.29, 0.717) is 84.3 Å². The van der Waals surface area contributed by atoms with Gasteiger partial charge in [-0.1, -0.05) is 40.2 Å². The van der Waals surface area contributed by atoms with Crippen LogP contribution in [0.15, 0.2) is 134 Å². The van der Waals surface area contributed by atoms with E-state index in [1.54, 1.807) is 60.7 Å². The van der Waals surface area contributed by atoms with Crippen LogP contribution in [0.2, 0.25) is 0 Å². The summed E-state index contributed by atoms with van der Waals surface area (Å²) in [7, 11) is 3.57.